The van der Waals surface area contributed by atoms with E-state index >= 15 is 0 Å². The summed E-state index contributed by atoms with van der Waals surface area (Å²) < 4.78 is 43.7. The molecule has 1 aliphatic heterocycles. The molecule has 0 fully saturated rings. The van der Waals surface area contributed by atoms with E-state index in [0.29, 0.717) is 0 Å². The number of carbonyl (C=O) groups is 1. The minimum atomic E-state index is -1.77. The molecule has 0 spiro atoms. The van der Waals surface area contributed by atoms with Crippen LogP contribution in [0.2, 0.25) is 0 Å². The summed E-state index contributed by atoms with van der Waals surface area (Å²) in [5.74, 6) is -1.76. The Hall–Kier alpha value is -3.79. The van der Waals surface area contributed by atoms with Crippen LogP contribution in [0.25, 0.3) is 5.57 Å². The molecule has 2 atom stereocenters. The Labute approximate surface area is 187 Å². The third-order valence-electron chi connectivity index (χ3n) is 5.24. The highest BCUT2D eigenvalue weighted by molar-refractivity contribution is 6.19. The summed E-state index contributed by atoms with van der Waals surface area (Å²) in [5, 5.41) is 19.2. The number of carbonyl (C=O) groups excluding carboxylic acids is 1. The van der Waals surface area contributed by atoms with Crippen molar-refractivity contribution >= 4 is 17.2 Å². The standard InChI is InChI=1S/C23H20F3N5O2/c24-16-6-4-14(5-7-16)15-10-20(27-11-15)22-17(2-1-3-18(22)25)23(33)29-21(19(26)13-32)12-31-9-8-28-30-31/h1-10,19,21,32H,11-13H2,(H,29,33)/t19-,21-/m1/s1. The first-order chi connectivity index (χ1) is 16.0. The Morgan fingerprint density at radius 3 is 2.67 bits per heavy atom. The average Bonchev–Trinajstić information content (AvgIpc) is 3.51. The van der Waals surface area contributed by atoms with Crippen LogP contribution in [-0.2, 0) is 6.54 Å². The minimum Gasteiger partial charge on any atom is -0.393 e. The summed E-state index contributed by atoms with van der Waals surface area (Å²) in [6, 6.07) is 8.70. The van der Waals surface area contributed by atoms with Crippen molar-refractivity contribution in [1.29, 1.82) is 0 Å². The third kappa shape index (κ3) is 5.01. The van der Waals surface area contributed by atoms with Crippen molar-refractivity contribution in [3.8, 4) is 0 Å². The average molecular weight is 455 g/mol. The minimum absolute atomic E-state index is 0.0222. The monoisotopic (exact) mass is 455 g/mol. The molecule has 1 aliphatic rings. The number of aliphatic imine (C=N–C) groups is 1. The van der Waals surface area contributed by atoms with E-state index in [9.17, 15) is 23.1 Å². The molecule has 0 radical (unpaired) electrons. The summed E-state index contributed by atoms with van der Waals surface area (Å²) in [7, 11) is 0. The van der Waals surface area contributed by atoms with Crippen LogP contribution < -0.4 is 5.32 Å². The Balaban J connectivity index is 1.61. The number of benzene rings is 2. The molecule has 2 heterocycles. The lowest BCUT2D eigenvalue weighted by molar-refractivity contribution is 0.0849. The number of aromatic nitrogens is 3. The number of halogens is 3. The van der Waals surface area contributed by atoms with E-state index in [4.69, 9.17) is 0 Å². The third-order valence-corrected chi connectivity index (χ3v) is 5.24. The number of aliphatic hydroxyl groups is 1. The predicted octanol–water partition coefficient (Wildman–Crippen LogP) is 2.57. The van der Waals surface area contributed by atoms with E-state index in [1.807, 2.05) is 0 Å². The van der Waals surface area contributed by atoms with E-state index < -0.39 is 30.5 Å². The van der Waals surface area contributed by atoms with Crippen LogP contribution in [0.15, 0.2) is 65.9 Å². The molecule has 4 rings (SSSR count). The van der Waals surface area contributed by atoms with Crippen molar-refractivity contribution < 1.29 is 23.1 Å². The number of hydrogen-bond acceptors (Lipinski definition) is 5. The second-order valence-corrected chi connectivity index (χ2v) is 7.44. The van der Waals surface area contributed by atoms with Crippen molar-refractivity contribution in [2.24, 2.45) is 4.99 Å². The summed E-state index contributed by atoms with van der Waals surface area (Å²) in [5.41, 5.74) is 1.68. The van der Waals surface area contributed by atoms with Crippen molar-refractivity contribution in [3.05, 3.63) is 89.3 Å². The van der Waals surface area contributed by atoms with Gasteiger partial charge in [-0.1, -0.05) is 23.4 Å². The number of amides is 1. The van der Waals surface area contributed by atoms with Gasteiger partial charge >= 0.3 is 0 Å². The number of alkyl halides is 1. The molecule has 1 aromatic heterocycles. The van der Waals surface area contributed by atoms with Crippen LogP contribution in [0.4, 0.5) is 13.2 Å². The van der Waals surface area contributed by atoms with E-state index in [2.05, 4.69) is 20.6 Å². The smallest absolute Gasteiger partial charge is 0.252 e. The summed E-state index contributed by atoms with van der Waals surface area (Å²) >= 11 is 0. The van der Waals surface area contributed by atoms with Crippen LogP contribution >= 0.6 is 0 Å². The van der Waals surface area contributed by atoms with Crippen molar-refractivity contribution in [3.63, 3.8) is 0 Å². The second kappa shape index (κ2) is 9.78. The fraction of sp³-hybridized carbons (Fsp3) is 0.217. The molecule has 1 amide bonds. The van der Waals surface area contributed by atoms with Gasteiger partial charge in [-0.3, -0.25) is 14.5 Å². The van der Waals surface area contributed by atoms with Crippen LogP contribution in [0, 0.1) is 11.6 Å². The van der Waals surface area contributed by atoms with Gasteiger partial charge in [-0.05, 0) is 41.5 Å². The number of nitrogens with zero attached hydrogens (tertiary/aromatic N) is 4. The first kappa shape index (κ1) is 22.4. The first-order valence-corrected chi connectivity index (χ1v) is 10.2. The molecule has 0 unspecified atom stereocenters. The van der Waals surface area contributed by atoms with Crippen LogP contribution in [0.3, 0.4) is 0 Å². The Bertz CT molecular complexity index is 1190. The van der Waals surface area contributed by atoms with Crippen molar-refractivity contribution in [1.82, 2.24) is 20.3 Å². The molecule has 2 aromatic carbocycles. The van der Waals surface area contributed by atoms with Gasteiger partial charge in [-0.25, -0.2) is 13.2 Å². The Kier molecular flexibility index (Phi) is 6.64. The Morgan fingerprint density at radius 2 is 1.97 bits per heavy atom. The van der Waals surface area contributed by atoms with Crippen molar-refractivity contribution in [2.75, 3.05) is 13.2 Å². The highest BCUT2D eigenvalue weighted by atomic mass is 19.1. The van der Waals surface area contributed by atoms with Gasteiger partial charge < -0.3 is 10.4 Å². The van der Waals surface area contributed by atoms with Crippen LogP contribution in [-0.4, -0.2) is 57.1 Å². The zero-order valence-corrected chi connectivity index (χ0v) is 17.3. The molecule has 0 bridgehead atoms. The van der Waals surface area contributed by atoms with Gasteiger partial charge in [0.05, 0.1) is 43.2 Å². The lowest BCUT2D eigenvalue weighted by Gasteiger charge is -2.22. The number of hydrogen-bond donors (Lipinski definition) is 2. The van der Waals surface area contributed by atoms with Crippen LogP contribution in [0.5, 0.6) is 0 Å². The van der Waals surface area contributed by atoms with Crippen molar-refractivity contribution in [2.45, 2.75) is 18.8 Å². The molecule has 0 aliphatic carbocycles. The van der Waals surface area contributed by atoms with Gasteiger partial charge in [0, 0.05) is 11.8 Å². The lowest BCUT2D eigenvalue weighted by Crippen LogP contribution is -2.46. The van der Waals surface area contributed by atoms with Gasteiger partial charge in [-0.15, -0.1) is 5.10 Å². The quantitative estimate of drug-likeness (QED) is 0.546. The summed E-state index contributed by atoms with van der Waals surface area (Å²) in [6.07, 6.45) is 2.76. The van der Waals surface area contributed by atoms with E-state index in [0.717, 1.165) is 11.1 Å². The lowest BCUT2D eigenvalue weighted by atomic mass is 9.99. The molecular weight excluding hydrogens is 435 g/mol. The molecule has 0 saturated heterocycles. The number of rotatable bonds is 8. The normalized spacial score (nSPS) is 15.0. The maximum atomic E-state index is 14.8. The molecule has 2 N–H and O–H groups in total. The summed E-state index contributed by atoms with van der Waals surface area (Å²) in [6.45, 7) is -0.651. The highest BCUT2D eigenvalue weighted by Crippen LogP contribution is 2.25. The summed E-state index contributed by atoms with van der Waals surface area (Å²) in [4.78, 5) is 17.4. The zero-order valence-electron chi connectivity index (χ0n) is 17.3. The second-order valence-electron chi connectivity index (χ2n) is 7.44. The molecule has 7 nitrogen and oxygen atoms in total. The van der Waals surface area contributed by atoms with E-state index in [1.54, 1.807) is 18.2 Å². The number of allylic oxidation sites excluding steroid dienone is 1. The fourth-order valence-corrected chi connectivity index (χ4v) is 3.55. The number of aliphatic hydroxyl groups excluding tert-OH is 1. The highest BCUT2D eigenvalue weighted by Gasteiger charge is 2.27. The largest absolute Gasteiger partial charge is 0.393 e. The van der Waals surface area contributed by atoms with E-state index in [-0.39, 0.29) is 35.7 Å². The SMILES string of the molecule is O=C(N[C@H](Cn1ccnn1)[C@H](F)CO)c1cccc(F)c1C1=NCC(c2ccc(F)cc2)=C1. The van der Waals surface area contributed by atoms with Gasteiger partial charge in [0.1, 0.15) is 17.8 Å². The van der Waals surface area contributed by atoms with Gasteiger partial charge in [0.15, 0.2) is 0 Å². The maximum Gasteiger partial charge on any atom is 0.252 e. The molecule has 3 aromatic rings. The maximum absolute atomic E-state index is 14.8. The van der Waals surface area contributed by atoms with Crippen LogP contribution in [0.1, 0.15) is 21.5 Å². The van der Waals surface area contributed by atoms with E-state index in [1.165, 1.54) is 47.4 Å². The fourth-order valence-electron chi connectivity index (χ4n) is 3.55. The molecular formula is C23H20F3N5O2. The van der Waals surface area contributed by atoms with Gasteiger partial charge in [-0.2, -0.15) is 0 Å². The number of nitrogens with one attached hydrogen (secondary N) is 1. The topological polar surface area (TPSA) is 92.4 Å². The molecule has 10 heteroatoms. The zero-order chi connectivity index (χ0) is 23.4. The molecule has 33 heavy (non-hydrogen) atoms. The molecule has 0 saturated carbocycles. The van der Waals surface area contributed by atoms with Gasteiger partial charge in [0.25, 0.3) is 5.91 Å². The first-order valence-electron chi connectivity index (χ1n) is 10.2. The molecule has 170 valence electrons. The van der Waals surface area contributed by atoms with Gasteiger partial charge in [0.2, 0.25) is 0 Å². The Morgan fingerprint density at radius 1 is 1.18 bits per heavy atom. The predicted molar refractivity (Wildman–Crippen MR) is 115 cm³/mol.